The number of carbonyl (C=O) groups is 1. The number of ketones is 1. The molecule has 2 atom stereocenters. The summed E-state index contributed by atoms with van der Waals surface area (Å²) < 4.78 is 0. The first-order chi connectivity index (χ1) is 9.54. The first kappa shape index (κ1) is 13.4. The normalized spacial score (nSPS) is 29.6. The zero-order valence-corrected chi connectivity index (χ0v) is 11.2. The van der Waals surface area contributed by atoms with Crippen molar-refractivity contribution in [3.8, 4) is 11.5 Å². The van der Waals surface area contributed by atoms with Crippen molar-refractivity contribution in [3.05, 3.63) is 23.8 Å². The highest BCUT2D eigenvalue weighted by atomic mass is 16.3. The molecule has 5 heteroatoms. The zero-order valence-electron chi connectivity index (χ0n) is 11.2. The number of rotatable bonds is 3. The number of Topliss-reactive ketones (excluding diaryl/α,β-unsaturated/α-hetero) is 1. The van der Waals surface area contributed by atoms with Crippen LogP contribution in [0.5, 0.6) is 11.5 Å². The maximum Gasteiger partial charge on any atom is 0.180 e. The number of piperidine rings is 1. The summed E-state index contributed by atoms with van der Waals surface area (Å²) in [4.78, 5) is 14.5. The second-order valence-electron chi connectivity index (χ2n) is 5.81. The van der Waals surface area contributed by atoms with Crippen molar-refractivity contribution in [1.29, 1.82) is 0 Å². The molecule has 1 aromatic rings. The first-order valence-electron chi connectivity index (χ1n) is 7.03. The molecule has 2 bridgehead atoms. The molecule has 20 heavy (non-hydrogen) atoms. The lowest BCUT2D eigenvalue weighted by atomic mass is 9.98. The van der Waals surface area contributed by atoms with E-state index in [1.807, 2.05) is 0 Å². The van der Waals surface area contributed by atoms with Crippen LogP contribution in [0.15, 0.2) is 18.2 Å². The van der Waals surface area contributed by atoms with E-state index in [1.54, 1.807) is 0 Å². The summed E-state index contributed by atoms with van der Waals surface area (Å²) in [7, 11) is 0. The Morgan fingerprint density at radius 2 is 1.85 bits per heavy atom. The summed E-state index contributed by atoms with van der Waals surface area (Å²) >= 11 is 0. The Kier molecular flexibility index (Phi) is 3.40. The molecule has 5 nitrogen and oxygen atoms in total. The molecule has 0 aromatic heterocycles. The summed E-state index contributed by atoms with van der Waals surface area (Å²) in [6, 6.07) is 4.58. The number of benzene rings is 1. The van der Waals surface area contributed by atoms with Gasteiger partial charge in [-0.1, -0.05) is 0 Å². The third kappa shape index (κ3) is 2.39. The molecular formula is C15H19NO4. The predicted molar refractivity (Wildman–Crippen MR) is 72.9 cm³/mol. The number of phenolic OH excluding ortho intramolecular Hbond substituents is 2. The average molecular weight is 277 g/mol. The van der Waals surface area contributed by atoms with E-state index in [1.165, 1.54) is 18.2 Å². The van der Waals surface area contributed by atoms with Crippen molar-refractivity contribution < 1.29 is 20.1 Å². The minimum absolute atomic E-state index is 0.0554. The van der Waals surface area contributed by atoms with Gasteiger partial charge in [0, 0.05) is 18.2 Å². The van der Waals surface area contributed by atoms with Gasteiger partial charge in [-0.15, -0.1) is 0 Å². The number of fused-ring (bicyclic) bond motifs is 2. The van der Waals surface area contributed by atoms with Crippen LogP contribution in [0.2, 0.25) is 0 Å². The van der Waals surface area contributed by atoms with Crippen LogP contribution in [0, 0.1) is 0 Å². The fourth-order valence-corrected chi connectivity index (χ4v) is 3.51. The lowest BCUT2D eigenvalue weighted by Crippen LogP contribution is -2.46. The lowest BCUT2D eigenvalue weighted by Gasteiger charge is -2.36. The number of aromatic hydroxyl groups is 2. The van der Waals surface area contributed by atoms with Gasteiger partial charge in [0.2, 0.25) is 0 Å². The second-order valence-corrected chi connectivity index (χ2v) is 5.81. The van der Waals surface area contributed by atoms with Gasteiger partial charge in [-0.05, 0) is 37.8 Å². The molecule has 0 amide bonds. The van der Waals surface area contributed by atoms with Crippen LogP contribution in [0.1, 0.15) is 36.0 Å². The summed E-state index contributed by atoms with van der Waals surface area (Å²) in [6.45, 7) is 0.264. The average Bonchev–Trinajstić information content (AvgIpc) is 2.62. The van der Waals surface area contributed by atoms with Gasteiger partial charge in [-0.25, -0.2) is 0 Å². The van der Waals surface area contributed by atoms with E-state index in [0.29, 0.717) is 0 Å². The summed E-state index contributed by atoms with van der Waals surface area (Å²) in [5, 5.41) is 28.8. The van der Waals surface area contributed by atoms with Crippen molar-refractivity contribution in [2.24, 2.45) is 0 Å². The number of nitrogens with zero attached hydrogens (tertiary/aromatic N) is 1. The van der Waals surface area contributed by atoms with Crippen LogP contribution >= 0.6 is 0 Å². The van der Waals surface area contributed by atoms with E-state index in [0.717, 1.165) is 25.7 Å². The van der Waals surface area contributed by atoms with Crippen LogP contribution in [0.3, 0.4) is 0 Å². The van der Waals surface area contributed by atoms with Crippen LogP contribution < -0.4 is 0 Å². The quantitative estimate of drug-likeness (QED) is 0.725. The van der Waals surface area contributed by atoms with Crippen molar-refractivity contribution in [3.63, 3.8) is 0 Å². The molecular weight excluding hydrogens is 258 g/mol. The number of phenols is 2. The molecule has 2 fully saturated rings. The van der Waals surface area contributed by atoms with Crippen molar-refractivity contribution in [1.82, 2.24) is 4.90 Å². The van der Waals surface area contributed by atoms with Gasteiger partial charge in [-0.3, -0.25) is 9.69 Å². The largest absolute Gasteiger partial charge is 0.508 e. The van der Waals surface area contributed by atoms with Crippen molar-refractivity contribution >= 4 is 5.78 Å². The van der Waals surface area contributed by atoms with Crippen LogP contribution in [-0.4, -0.2) is 50.7 Å². The van der Waals surface area contributed by atoms with E-state index in [-0.39, 0.29) is 47.6 Å². The van der Waals surface area contributed by atoms with Crippen LogP contribution in [0.25, 0.3) is 0 Å². The number of aliphatic hydroxyl groups excluding tert-OH is 1. The second kappa shape index (κ2) is 5.07. The Balaban J connectivity index is 1.73. The fraction of sp³-hybridized carbons (Fsp3) is 0.533. The number of hydrogen-bond donors (Lipinski definition) is 3. The van der Waals surface area contributed by atoms with Gasteiger partial charge in [0.1, 0.15) is 11.5 Å². The van der Waals surface area contributed by atoms with Gasteiger partial charge < -0.3 is 15.3 Å². The minimum atomic E-state index is -0.249. The molecule has 2 heterocycles. The highest BCUT2D eigenvalue weighted by Crippen LogP contribution is 2.36. The molecule has 3 N–H and O–H groups in total. The molecule has 2 saturated heterocycles. The highest BCUT2D eigenvalue weighted by molar-refractivity contribution is 6.00. The fourth-order valence-electron chi connectivity index (χ4n) is 3.51. The molecule has 2 aliphatic heterocycles. The third-order valence-electron chi connectivity index (χ3n) is 4.47. The van der Waals surface area contributed by atoms with Gasteiger partial charge in [0.25, 0.3) is 0 Å². The Morgan fingerprint density at radius 3 is 2.45 bits per heavy atom. The highest BCUT2D eigenvalue weighted by Gasteiger charge is 2.40. The number of hydrogen-bond acceptors (Lipinski definition) is 5. The summed E-state index contributed by atoms with van der Waals surface area (Å²) in [6.07, 6.45) is 3.25. The predicted octanol–water partition coefficient (Wildman–Crippen LogP) is 1.27. The monoisotopic (exact) mass is 277 g/mol. The summed E-state index contributed by atoms with van der Waals surface area (Å²) in [5.74, 6) is -0.379. The standard InChI is InChI=1S/C15H19NO4/c17-11-3-4-13(14(19)7-11)15(20)8-16-9-1-2-10(16)6-12(18)5-9/h3-4,7,9-10,12,17-19H,1-2,5-6,8H2. The molecule has 2 aliphatic rings. The Morgan fingerprint density at radius 1 is 1.20 bits per heavy atom. The van der Waals surface area contributed by atoms with Gasteiger partial charge in [0.15, 0.2) is 5.78 Å². The van der Waals surface area contributed by atoms with E-state index >= 15 is 0 Å². The Bertz CT molecular complexity index is 517. The van der Waals surface area contributed by atoms with E-state index in [2.05, 4.69) is 4.90 Å². The topological polar surface area (TPSA) is 81.0 Å². The molecule has 0 aliphatic carbocycles. The lowest BCUT2D eigenvalue weighted by molar-refractivity contribution is 0.0343. The minimum Gasteiger partial charge on any atom is -0.508 e. The SMILES string of the molecule is O=C(CN1C2CCC1CC(O)C2)c1ccc(O)cc1O. The van der Waals surface area contributed by atoms with Crippen LogP contribution in [-0.2, 0) is 0 Å². The molecule has 2 unspecified atom stereocenters. The number of aliphatic hydroxyl groups is 1. The Hall–Kier alpha value is -1.59. The zero-order chi connectivity index (χ0) is 14.3. The van der Waals surface area contributed by atoms with Gasteiger partial charge >= 0.3 is 0 Å². The van der Waals surface area contributed by atoms with E-state index in [4.69, 9.17) is 0 Å². The molecule has 0 spiro atoms. The maximum absolute atomic E-state index is 12.3. The molecule has 108 valence electrons. The molecule has 1 aromatic carbocycles. The molecule has 0 saturated carbocycles. The third-order valence-corrected chi connectivity index (χ3v) is 4.47. The van der Waals surface area contributed by atoms with Crippen molar-refractivity contribution in [2.45, 2.75) is 43.9 Å². The van der Waals surface area contributed by atoms with E-state index in [9.17, 15) is 20.1 Å². The van der Waals surface area contributed by atoms with Crippen molar-refractivity contribution in [2.75, 3.05) is 6.54 Å². The molecule has 3 rings (SSSR count). The molecule has 0 radical (unpaired) electrons. The maximum atomic E-state index is 12.3. The summed E-state index contributed by atoms with van der Waals surface area (Å²) in [5.41, 5.74) is 0.244. The first-order valence-corrected chi connectivity index (χ1v) is 7.03. The van der Waals surface area contributed by atoms with Gasteiger partial charge in [-0.2, -0.15) is 0 Å². The Labute approximate surface area is 117 Å². The van der Waals surface area contributed by atoms with Crippen LogP contribution in [0.4, 0.5) is 0 Å². The smallest absolute Gasteiger partial charge is 0.180 e. The number of carbonyl (C=O) groups excluding carboxylic acids is 1. The van der Waals surface area contributed by atoms with Gasteiger partial charge in [0.05, 0.1) is 18.2 Å². The van der Waals surface area contributed by atoms with E-state index < -0.39 is 0 Å².